The van der Waals surface area contributed by atoms with Gasteiger partial charge in [0.25, 0.3) is 0 Å². The van der Waals surface area contributed by atoms with Crippen LogP contribution in [0.2, 0.25) is 10.0 Å². The summed E-state index contributed by atoms with van der Waals surface area (Å²) in [4.78, 5) is 22.8. The fraction of sp³-hybridized carbons (Fsp3) is 0.333. The fourth-order valence-corrected chi connectivity index (χ4v) is 2.33. The Balaban J connectivity index is 2.63. The molecule has 20 heavy (non-hydrogen) atoms. The van der Waals surface area contributed by atoms with Gasteiger partial charge in [-0.1, -0.05) is 23.2 Å². The number of nitrogens with one attached hydrogen (secondary N) is 2. The van der Waals surface area contributed by atoms with Gasteiger partial charge >= 0.3 is 12.0 Å². The molecular weight excluding hydrogens is 323 g/mol. The predicted molar refractivity (Wildman–Crippen MR) is 83.0 cm³/mol. The van der Waals surface area contributed by atoms with Gasteiger partial charge in [0.15, 0.2) is 0 Å². The number of carboxylic acid groups (broad SMARTS) is 1. The number of thioether (sulfide) groups is 1. The Bertz CT molecular complexity index is 500. The average Bonchev–Trinajstić information content (AvgIpc) is 2.37. The average molecular weight is 337 g/mol. The van der Waals surface area contributed by atoms with Gasteiger partial charge in [-0.15, -0.1) is 0 Å². The molecule has 0 aliphatic carbocycles. The van der Waals surface area contributed by atoms with Crippen molar-refractivity contribution in [2.75, 3.05) is 17.3 Å². The number of carboxylic acids is 1. The van der Waals surface area contributed by atoms with Gasteiger partial charge in [0.2, 0.25) is 0 Å². The summed E-state index contributed by atoms with van der Waals surface area (Å²) in [6, 6.07) is 3.05. The number of carbonyl (C=O) groups is 2. The standard InChI is InChI=1S/C12H14Cl2N2O3S/c1-20-5-4-10(11(17)18)16-12(19)15-9-3-2-7(13)6-8(9)14/h2-3,6,10H,4-5H2,1H3,(H,17,18)(H2,15,16,19)/t10-/m0/s1. The third-order valence-corrected chi connectivity index (χ3v) is 3.59. The first kappa shape index (κ1) is 16.9. The van der Waals surface area contributed by atoms with E-state index in [0.717, 1.165) is 0 Å². The van der Waals surface area contributed by atoms with Crippen molar-refractivity contribution in [3.8, 4) is 0 Å². The first-order chi connectivity index (χ1) is 9.43. The first-order valence-electron chi connectivity index (χ1n) is 5.68. The number of rotatable bonds is 6. The number of aliphatic carboxylic acids is 1. The molecule has 2 amide bonds. The molecule has 0 radical (unpaired) electrons. The molecule has 1 atom stereocenters. The number of carbonyl (C=O) groups excluding carboxylic acids is 1. The van der Waals surface area contributed by atoms with Crippen molar-refractivity contribution in [3.63, 3.8) is 0 Å². The van der Waals surface area contributed by atoms with Crippen LogP contribution in [-0.4, -0.2) is 35.2 Å². The molecule has 0 saturated carbocycles. The SMILES string of the molecule is CSCC[C@H](NC(=O)Nc1ccc(Cl)cc1Cl)C(=O)O. The van der Waals surface area contributed by atoms with Gasteiger partial charge in [0.05, 0.1) is 10.7 Å². The molecule has 0 saturated heterocycles. The van der Waals surface area contributed by atoms with Crippen molar-refractivity contribution >= 4 is 52.7 Å². The predicted octanol–water partition coefficient (Wildman–Crippen LogP) is 3.32. The van der Waals surface area contributed by atoms with Crippen LogP contribution in [0.3, 0.4) is 0 Å². The van der Waals surface area contributed by atoms with E-state index in [2.05, 4.69) is 10.6 Å². The summed E-state index contributed by atoms with van der Waals surface area (Å²) in [5, 5.41) is 14.6. The van der Waals surface area contributed by atoms with Crippen LogP contribution in [0.15, 0.2) is 18.2 Å². The third kappa shape index (κ3) is 5.48. The maximum absolute atomic E-state index is 11.7. The minimum atomic E-state index is -1.07. The van der Waals surface area contributed by atoms with E-state index in [1.54, 1.807) is 12.1 Å². The molecule has 0 aliphatic heterocycles. The Morgan fingerprint density at radius 3 is 2.65 bits per heavy atom. The molecule has 0 heterocycles. The largest absolute Gasteiger partial charge is 0.480 e. The van der Waals surface area contributed by atoms with Gasteiger partial charge in [0.1, 0.15) is 6.04 Å². The Morgan fingerprint density at radius 1 is 1.40 bits per heavy atom. The van der Waals surface area contributed by atoms with E-state index in [1.165, 1.54) is 17.8 Å². The summed E-state index contributed by atoms with van der Waals surface area (Å²) in [5.41, 5.74) is 0.363. The van der Waals surface area contributed by atoms with Crippen molar-refractivity contribution < 1.29 is 14.7 Å². The van der Waals surface area contributed by atoms with Crippen LogP contribution < -0.4 is 10.6 Å². The number of halogens is 2. The Kier molecular flexibility index (Phi) is 6.98. The lowest BCUT2D eigenvalue weighted by molar-refractivity contribution is -0.139. The van der Waals surface area contributed by atoms with Crippen LogP contribution in [0.4, 0.5) is 10.5 Å². The van der Waals surface area contributed by atoms with E-state index >= 15 is 0 Å². The van der Waals surface area contributed by atoms with E-state index < -0.39 is 18.0 Å². The molecule has 1 rings (SSSR count). The highest BCUT2D eigenvalue weighted by atomic mass is 35.5. The van der Waals surface area contributed by atoms with Gasteiger partial charge in [-0.25, -0.2) is 9.59 Å². The van der Waals surface area contributed by atoms with E-state index in [1.807, 2.05) is 6.26 Å². The maximum Gasteiger partial charge on any atom is 0.326 e. The number of anilines is 1. The number of hydrogen-bond acceptors (Lipinski definition) is 3. The van der Waals surface area contributed by atoms with E-state index in [0.29, 0.717) is 22.9 Å². The molecule has 8 heteroatoms. The van der Waals surface area contributed by atoms with E-state index in [-0.39, 0.29) is 5.02 Å². The van der Waals surface area contributed by atoms with Crippen LogP contribution in [-0.2, 0) is 4.79 Å². The summed E-state index contributed by atoms with van der Waals surface area (Å²) >= 11 is 13.2. The van der Waals surface area contributed by atoms with Crippen molar-refractivity contribution in [1.82, 2.24) is 5.32 Å². The Hall–Kier alpha value is -1.11. The van der Waals surface area contributed by atoms with Gasteiger partial charge in [-0.3, -0.25) is 0 Å². The molecular formula is C12H14Cl2N2O3S. The minimum absolute atomic E-state index is 0.281. The summed E-state index contributed by atoms with van der Waals surface area (Å²) in [7, 11) is 0. The zero-order valence-corrected chi connectivity index (χ0v) is 13.0. The second kappa shape index (κ2) is 8.24. The minimum Gasteiger partial charge on any atom is -0.480 e. The lowest BCUT2D eigenvalue weighted by atomic mass is 10.2. The number of benzene rings is 1. The highest BCUT2D eigenvalue weighted by Crippen LogP contribution is 2.25. The third-order valence-electron chi connectivity index (χ3n) is 2.39. The molecule has 3 N–H and O–H groups in total. The fourth-order valence-electron chi connectivity index (χ4n) is 1.40. The summed E-state index contributed by atoms with van der Waals surface area (Å²) in [6.07, 6.45) is 2.21. The molecule has 5 nitrogen and oxygen atoms in total. The summed E-state index contributed by atoms with van der Waals surface area (Å²) in [6.45, 7) is 0. The topological polar surface area (TPSA) is 78.4 Å². The number of amides is 2. The first-order valence-corrected chi connectivity index (χ1v) is 7.83. The second-order valence-electron chi connectivity index (χ2n) is 3.89. The van der Waals surface area contributed by atoms with E-state index in [9.17, 15) is 9.59 Å². The molecule has 1 aromatic rings. The van der Waals surface area contributed by atoms with Gasteiger partial charge in [0, 0.05) is 5.02 Å². The lowest BCUT2D eigenvalue weighted by Crippen LogP contribution is -2.43. The van der Waals surface area contributed by atoms with Crippen molar-refractivity contribution in [3.05, 3.63) is 28.2 Å². The van der Waals surface area contributed by atoms with Crippen molar-refractivity contribution in [2.45, 2.75) is 12.5 Å². The molecule has 0 spiro atoms. The highest BCUT2D eigenvalue weighted by molar-refractivity contribution is 7.98. The normalized spacial score (nSPS) is 11.8. The van der Waals surface area contributed by atoms with Gasteiger partial charge in [-0.05, 0) is 36.6 Å². The van der Waals surface area contributed by atoms with Crippen LogP contribution in [0.5, 0.6) is 0 Å². The molecule has 0 aliphatic rings. The highest BCUT2D eigenvalue weighted by Gasteiger charge is 2.19. The lowest BCUT2D eigenvalue weighted by Gasteiger charge is -2.15. The molecule has 0 aromatic heterocycles. The molecule has 1 aromatic carbocycles. The summed E-state index contributed by atoms with van der Waals surface area (Å²) < 4.78 is 0. The molecule has 110 valence electrons. The second-order valence-corrected chi connectivity index (χ2v) is 5.72. The van der Waals surface area contributed by atoms with Crippen LogP contribution in [0, 0.1) is 0 Å². The van der Waals surface area contributed by atoms with Gasteiger partial charge < -0.3 is 15.7 Å². The van der Waals surface area contributed by atoms with Gasteiger partial charge in [-0.2, -0.15) is 11.8 Å². The van der Waals surface area contributed by atoms with E-state index in [4.69, 9.17) is 28.3 Å². The molecule has 0 fully saturated rings. The number of hydrogen-bond donors (Lipinski definition) is 3. The van der Waals surface area contributed by atoms with Crippen molar-refractivity contribution in [1.29, 1.82) is 0 Å². The Morgan fingerprint density at radius 2 is 2.10 bits per heavy atom. The maximum atomic E-state index is 11.7. The smallest absolute Gasteiger partial charge is 0.326 e. The Labute approximate surface area is 131 Å². The molecule has 0 bridgehead atoms. The quantitative estimate of drug-likeness (QED) is 0.744. The number of urea groups is 1. The monoisotopic (exact) mass is 336 g/mol. The molecule has 0 unspecified atom stereocenters. The van der Waals surface area contributed by atoms with Crippen LogP contribution >= 0.6 is 35.0 Å². The zero-order valence-electron chi connectivity index (χ0n) is 10.7. The van der Waals surface area contributed by atoms with Crippen LogP contribution in [0.25, 0.3) is 0 Å². The van der Waals surface area contributed by atoms with Crippen molar-refractivity contribution in [2.24, 2.45) is 0 Å². The summed E-state index contributed by atoms with van der Waals surface area (Å²) in [5.74, 6) is -0.435. The zero-order chi connectivity index (χ0) is 15.1. The van der Waals surface area contributed by atoms with Crippen LogP contribution in [0.1, 0.15) is 6.42 Å².